The van der Waals surface area contributed by atoms with Gasteiger partial charge in [0.05, 0.1) is 5.71 Å². The molecule has 2 aliphatic rings. The minimum atomic E-state index is -0.710. The molecule has 0 radical (unpaired) electrons. The standard InChI is InChI=1S/C21H22FN3O2S/c22-17-6-3-5-15(12-17)19-13-20(27-24-19)21(26)23-18-7-2-1-4-16(18)14-25-8-10-28-11-9-25/h1-7,12,20H,8-11,13-14H2,(H,23,26). The fraction of sp³-hybridized carbons (Fsp3) is 0.333. The van der Waals surface area contributed by atoms with E-state index in [9.17, 15) is 9.18 Å². The highest BCUT2D eigenvalue weighted by atomic mass is 32.2. The second-order valence-corrected chi connectivity index (χ2v) is 8.11. The molecular formula is C21H22FN3O2S. The van der Waals surface area contributed by atoms with E-state index >= 15 is 0 Å². The van der Waals surface area contributed by atoms with Gasteiger partial charge >= 0.3 is 0 Å². The molecular weight excluding hydrogens is 377 g/mol. The van der Waals surface area contributed by atoms with Crippen LogP contribution in [0.2, 0.25) is 0 Å². The first-order chi connectivity index (χ1) is 13.7. The van der Waals surface area contributed by atoms with Crippen LogP contribution in [0.15, 0.2) is 53.7 Å². The van der Waals surface area contributed by atoms with Crippen molar-refractivity contribution in [3.05, 3.63) is 65.5 Å². The average Bonchev–Trinajstić information content (AvgIpc) is 3.21. The van der Waals surface area contributed by atoms with Gasteiger partial charge in [0.25, 0.3) is 5.91 Å². The monoisotopic (exact) mass is 399 g/mol. The lowest BCUT2D eigenvalue weighted by molar-refractivity contribution is -0.125. The maximum atomic E-state index is 13.4. The van der Waals surface area contributed by atoms with Crippen LogP contribution < -0.4 is 5.32 Å². The molecule has 2 aromatic carbocycles. The van der Waals surface area contributed by atoms with Gasteiger partial charge in [0.2, 0.25) is 6.10 Å². The molecule has 146 valence electrons. The molecule has 0 spiro atoms. The van der Waals surface area contributed by atoms with Crippen molar-refractivity contribution in [2.45, 2.75) is 19.1 Å². The van der Waals surface area contributed by atoms with Crippen LogP contribution in [0, 0.1) is 5.82 Å². The summed E-state index contributed by atoms with van der Waals surface area (Å²) in [5.41, 5.74) is 3.11. The summed E-state index contributed by atoms with van der Waals surface area (Å²) in [4.78, 5) is 20.4. The van der Waals surface area contributed by atoms with E-state index in [0.29, 0.717) is 17.7 Å². The van der Waals surface area contributed by atoms with Crippen LogP contribution in [0.5, 0.6) is 0 Å². The zero-order chi connectivity index (χ0) is 19.3. The number of nitrogens with one attached hydrogen (secondary N) is 1. The molecule has 2 aromatic rings. The Kier molecular flexibility index (Phi) is 5.92. The van der Waals surface area contributed by atoms with Gasteiger partial charge in [-0.3, -0.25) is 9.69 Å². The zero-order valence-corrected chi connectivity index (χ0v) is 16.3. The number of para-hydroxylation sites is 1. The number of rotatable bonds is 5. The van der Waals surface area contributed by atoms with Crippen LogP contribution in [0.3, 0.4) is 0 Å². The molecule has 0 bridgehead atoms. The number of carbonyl (C=O) groups is 1. The van der Waals surface area contributed by atoms with Gasteiger partial charge in [-0.1, -0.05) is 35.5 Å². The lowest BCUT2D eigenvalue weighted by Gasteiger charge is -2.27. The molecule has 4 rings (SSSR count). The number of benzene rings is 2. The fourth-order valence-electron chi connectivity index (χ4n) is 3.35. The third-order valence-electron chi connectivity index (χ3n) is 4.89. The average molecular weight is 399 g/mol. The van der Waals surface area contributed by atoms with Gasteiger partial charge in [-0.2, -0.15) is 11.8 Å². The highest BCUT2D eigenvalue weighted by Crippen LogP contribution is 2.22. The third-order valence-corrected chi connectivity index (χ3v) is 5.83. The Balaban J connectivity index is 1.39. The molecule has 1 amide bonds. The molecule has 28 heavy (non-hydrogen) atoms. The second-order valence-electron chi connectivity index (χ2n) is 6.88. The van der Waals surface area contributed by atoms with Gasteiger partial charge in [-0.05, 0) is 23.8 Å². The number of nitrogens with zero attached hydrogens (tertiary/aromatic N) is 2. The van der Waals surface area contributed by atoms with Gasteiger partial charge in [-0.25, -0.2) is 4.39 Å². The van der Waals surface area contributed by atoms with E-state index in [4.69, 9.17) is 4.84 Å². The number of carbonyl (C=O) groups excluding carboxylic acids is 1. The van der Waals surface area contributed by atoms with Crippen LogP contribution in [-0.4, -0.2) is 47.2 Å². The molecule has 5 nitrogen and oxygen atoms in total. The highest BCUT2D eigenvalue weighted by molar-refractivity contribution is 7.99. The molecule has 1 unspecified atom stereocenters. The van der Waals surface area contributed by atoms with Gasteiger partial charge in [-0.15, -0.1) is 0 Å². The van der Waals surface area contributed by atoms with Crippen LogP contribution in [-0.2, 0) is 16.2 Å². The summed E-state index contributed by atoms with van der Waals surface area (Å²) in [6.45, 7) is 2.93. The SMILES string of the molecule is O=C(Nc1ccccc1CN1CCSCC1)C1CC(c2cccc(F)c2)=NO1. The Bertz CT molecular complexity index is 883. The number of thioether (sulfide) groups is 1. The smallest absolute Gasteiger partial charge is 0.268 e. The van der Waals surface area contributed by atoms with Crippen molar-refractivity contribution in [1.29, 1.82) is 0 Å². The predicted molar refractivity (Wildman–Crippen MR) is 110 cm³/mol. The third kappa shape index (κ3) is 4.54. The Morgan fingerprint density at radius 2 is 2.04 bits per heavy atom. The van der Waals surface area contributed by atoms with Crippen molar-refractivity contribution < 1.29 is 14.0 Å². The van der Waals surface area contributed by atoms with E-state index in [1.807, 2.05) is 36.0 Å². The lowest BCUT2D eigenvalue weighted by atomic mass is 10.0. The normalized spacial score (nSPS) is 19.8. The first-order valence-electron chi connectivity index (χ1n) is 9.36. The molecule has 2 aliphatic heterocycles. The molecule has 7 heteroatoms. The van der Waals surface area contributed by atoms with E-state index in [-0.39, 0.29) is 11.7 Å². The fourth-order valence-corrected chi connectivity index (χ4v) is 4.33. The highest BCUT2D eigenvalue weighted by Gasteiger charge is 2.29. The van der Waals surface area contributed by atoms with E-state index < -0.39 is 6.10 Å². The maximum absolute atomic E-state index is 13.4. The Hall–Kier alpha value is -2.38. The molecule has 1 N–H and O–H groups in total. The minimum Gasteiger partial charge on any atom is -0.382 e. The molecule has 0 aliphatic carbocycles. The van der Waals surface area contributed by atoms with Crippen molar-refractivity contribution in [2.24, 2.45) is 5.16 Å². The molecule has 0 saturated carbocycles. The van der Waals surface area contributed by atoms with Crippen LogP contribution in [0.4, 0.5) is 10.1 Å². The van der Waals surface area contributed by atoms with E-state index in [2.05, 4.69) is 15.4 Å². The summed E-state index contributed by atoms with van der Waals surface area (Å²) < 4.78 is 13.4. The number of oxime groups is 1. The summed E-state index contributed by atoms with van der Waals surface area (Å²) >= 11 is 1.98. The summed E-state index contributed by atoms with van der Waals surface area (Å²) in [5.74, 6) is 1.71. The van der Waals surface area contributed by atoms with Crippen molar-refractivity contribution in [2.75, 3.05) is 29.9 Å². The summed E-state index contributed by atoms with van der Waals surface area (Å²) in [6.07, 6.45) is -0.390. The molecule has 0 aromatic heterocycles. The van der Waals surface area contributed by atoms with Crippen molar-refractivity contribution in [3.8, 4) is 0 Å². The first kappa shape index (κ1) is 19.0. The van der Waals surface area contributed by atoms with E-state index in [0.717, 1.165) is 42.4 Å². The summed E-state index contributed by atoms with van der Waals surface area (Å²) in [7, 11) is 0. The van der Waals surface area contributed by atoms with Crippen molar-refractivity contribution >= 4 is 29.1 Å². The number of hydrogen-bond acceptors (Lipinski definition) is 5. The maximum Gasteiger partial charge on any atom is 0.268 e. The molecule has 1 saturated heterocycles. The van der Waals surface area contributed by atoms with Gasteiger partial charge < -0.3 is 10.2 Å². The quantitative estimate of drug-likeness (QED) is 0.836. The van der Waals surface area contributed by atoms with E-state index in [1.54, 1.807) is 12.1 Å². The molecule has 1 atom stereocenters. The lowest BCUT2D eigenvalue weighted by Crippen LogP contribution is -2.33. The number of anilines is 1. The Labute approximate surface area is 167 Å². The summed E-state index contributed by atoms with van der Waals surface area (Å²) in [6, 6.07) is 14.0. The van der Waals surface area contributed by atoms with Crippen LogP contribution in [0.1, 0.15) is 17.5 Å². The number of halogens is 1. The molecule has 2 heterocycles. The zero-order valence-electron chi connectivity index (χ0n) is 15.4. The molecule has 1 fully saturated rings. The minimum absolute atomic E-state index is 0.239. The van der Waals surface area contributed by atoms with Gasteiger partial charge in [0.1, 0.15) is 5.82 Å². The Morgan fingerprint density at radius 1 is 1.21 bits per heavy atom. The van der Waals surface area contributed by atoms with Gasteiger partial charge in [0, 0.05) is 48.8 Å². The van der Waals surface area contributed by atoms with Crippen LogP contribution >= 0.6 is 11.8 Å². The number of amides is 1. The largest absolute Gasteiger partial charge is 0.382 e. The summed E-state index contributed by atoms with van der Waals surface area (Å²) in [5, 5.41) is 6.97. The topological polar surface area (TPSA) is 53.9 Å². The first-order valence-corrected chi connectivity index (χ1v) is 10.5. The predicted octanol–water partition coefficient (Wildman–Crippen LogP) is 3.51. The van der Waals surface area contributed by atoms with Gasteiger partial charge in [0.15, 0.2) is 0 Å². The second kappa shape index (κ2) is 8.75. The van der Waals surface area contributed by atoms with Crippen molar-refractivity contribution in [1.82, 2.24) is 4.90 Å². The number of hydrogen-bond donors (Lipinski definition) is 1. The van der Waals surface area contributed by atoms with Crippen LogP contribution in [0.25, 0.3) is 0 Å². The van der Waals surface area contributed by atoms with E-state index in [1.165, 1.54) is 12.1 Å². The Morgan fingerprint density at radius 3 is 2.86 bits per heavy atom. The van der Waals surface area contributed by atoms with Crippen molar-refractivity contribution in [3.63, 3.8) is 0 Å².